The van der Waals surface area contributed by atoms with Crippen LogP contribution in [0.4, 0.5) is 0 Å². The summed E-state index contributed by atoms with van der Waals surface area (Å²) in [6.07, 6.45) is 0. The van der Waals surface area contributed by atoms with Crippen LogP contribution in [0.5, 0.6) is 17.2 Å². The summed E-state index contributed by atoms with van der Waals surface area (Å²) in [5.41, 5.74) is 0.527. The lowest BCUT2D eigenvalue weighted by Crippen LogP contribution is -2.21. The fourth-order valence-electron chi connectivity index (χ4n) is 3.04. The van der Waals surface area contributed by atoms with E-state index in [1.807, 2.05) is 0 Å². The fourth-order valence-corrected chi connectivity index (χ4v) is 3.04. The number of hydrogen-bond acceptors (Lipinski definition) is 7. The maximum Gasteiger partial charge on any atom is 0.130 e. The Bertz CT molecular complexity index is 787. The van der Waals surface area contributed by atoms with Gasteiger partial charge in [0.25, 0.3) is 0 Å². The van der Waals surface area contributed by atoms with Gasteiger partial charge in [0.15, 0.2) is 0 Å². The van der Waals surface area contributed by atoms with Gasteiger partial charge in [-0.05, 0) is 23.8 Å². The summed E-state index contributed by atoms with van der Waals surface area (Å²) in [5, 5.41) is 68.5. The second-order valence-corrected chi connectivity index (χ2v) is 6.66. The van der Waals surface area contributed by atoms with E-state index in [9.17, 15) is 35.7 Å². The number of phenols is 3. The first-order chi connectivity index (χ1) is 12.2. The van der Waals surface area contributed by atoms with Crippen molar-refractivity contribution in [1.29, 1.82) is 0 Å². The highest BCUT2D eigenvalue weighted by atomic mass is 16.3. The lowest BCUT2D eigenvalue weighted by molar-refractivity contribution is 0.257. The standard InChI is InChI=1S/C19H24O7/c1-19(2,13-3-10(6-20)16(24)11(4-13)7-21)15-5-12(8-22)17(25)14(9-23)18(15)26/h3-5,20-26H,6-9H2,1-2H3. The maximum absolute atomic E-state index is 10.5. The average Bonchev–Trinajstić information content (AvgIpc) is 2.62. The first kappa shape index (κ1) is 20.0. The third-order valence-electron chi connectivity index (χ3n) is 4.78. The monoisotopic (exact) mass is 364 g/mol. The van der Waals surface area contributed by atoms with Crippen molar-refractivity contribution in [2.75, 3.05) is 0 Å². The molecule has 2 aromatic rings. The zero-order valence-corrected chi connectivity index (χ0v) is 14.7. The minimum atomic E-state index is -0.896. The summed E-state index contributed by atoms with van der Waals surface area (Å²) in [6, 6.07) is 4.55. The zero-order valence-electron chi connectivity index (χ0n) is 14.7. The number of aliphatic hydroxyl groups is 4. The van der Waals surface area contributed by atoms with Crippen molar-refractivity contribution >= 4 is 0 Å². The van der Waals surface area contributed by atoms with Crippen molar-refractivity contribution in [2.24, 2.45) is 0 Å². The molecule has 0 atom stereocenters. The van der Waals surface area contributed by atoms with Gasteiger partial charge in [-0.3, -0.25) is 0 Å². The molecule has 0 unspecified atom stereocenters. The summed E-state index contributed by atoms with van der Waals surface area (Å²) in [7, 11) is 0. The van der Waals surface area contributed by atoms with Crippen molar-refractivity contribution in [3.05, 3.63) is 51.6 Å². The molecule has 0 saturated carbocycles. The van der Waals surface area contributed by atoms with Gasteiger partial charge in [0, 0.05) is 27.7 Å². The molecule has 7 N–H and O–H groups in total. The Morgan fingerprint density at radius 1 is 0.654 bits per heavy atom. The quantitative estimate of drug-likeness (QED) is 0.407. The van der Waals surface area contributed by atoms with Gasteiger partial charge >= 0.3 is 0 Å². The summed E-state index contributed by atoms with van der Waals surface area (Å²) in [6.45, 7) is 1.55. The van der Waals surface area contributed by atoms with Crippen molar-refractivity contribution in [2.45, 2.75) is 45.7 Å². The van der Waals surface area contributed by atoms with E-state index in [0.29, 0.717) is 11.1 Å². The molecule has 142 valence electrons. The molecule has 0 fully saturated rings. The lowest BCUT2D eigenvalue weighted by atomic mass is 9.75. The molecule has 2 rings (SSSR count). The molecule has 7 heteroatoms. The number of aliphatic hydroxyl groups excluding tert-OH is 4. The summed E-state index contributed by atoms with van der Waals surface area (Å²) < 4.78 is 0. The van der Waals surface area contributed by atoms with E-state index in [-0.39, 0.29) is 39.5 Å². The summed E-state index contributed by atoms with van der Waals surface area (Å²) >= 11 is 0. The van der Waals surface area contributed by atoms with Gasteiger partial charge in [-0.25, -0.2) is 0 Å². The molecule has 0 radical (unpaired) electrons. The van der Waals surface area contributed by atoms with Crippen molar-refractivity contribution in [3.63, 3.8) is 0 Å². The van der Waals surface area contributed by atoms with E-state index in [0.717, 1.165) is 0 Å². The van der Waals surface area contributed by atoms with Crippen LogP contribution in [0.25, 0.3) is 0 Å². The summed E-state index contributed by atoms with van der Waals surface area (Å²) in [5.74, 6) is -0.877. The zero-order chi connectivity index (χ0) is 19.6. The Morgan fingerprint density at radius 2 is 1.12 bits per heavy atom. The van der Waals surface area contributed by atoms with E-state index in [1.165, 1.54) is 6.07 Å². The topological polar surface area (TPSA) is 142 Å². The Labute approximate surface area is 151 Å². The highest BCUT2D eigenvalue weighted by Crippen LogP contribution is 2.44. The van der Waals surface area contributed by atoms with Gasteiger partial charge in [0.2, 0.25) is 0 Å². The van der Waals surface area contributed by atoms with Crippen LogP contribution in [0, 0.1) is 0 Å². The molecule has 0 aliphatic carbocycles. The first-order valence-corrected chi connectivity index (χ1v) is 8.08. The number of rotatable bonds is 6. The number of hydrogen-bond donors (Lipinski definition) is 7. The Balaban J connectivity index is 2.75. The number of aromatic hydroxyl groups is 3. The van der Waals surface area contributed by atoms with Crippen molar-refractivity contribution in [3.8, 4) is 17.2 Å². The van der Waals surface area contributed by atoms with Crippen LogP contribution in [-0.2, 0) is 31.8 Å². The third kappa shape index (κ3) is 3.22. The minimum absolute atomic E-state index is 0.0943. The van der Waals surface area contributed by atoms with Crippen molar-refractivity contribution < 1.29 is 35.7 Å². The van der Waals surface area contributed by atoms with E-state index in [2.05, 4.69) is 0 Å². The van der Waals surface area contributed by atoms with Crippen LogP contribution in [0.2, 0.25) is 0 Å². The van der Waals surface area contributed by atoms with Crippen LogP contribution >= 0.6 is 0 Å². The summed E-state index contributed by atoms with van der Waals surface area (Å²) in [4.78, 5) is 0. The van der Waals surface area contributed by atoms with E-state index in [4.69, 9.17) is 0 Å². The van der Waals surface area contributed by atoms with Gasteiger partial charge in [-0.1, -0.05) is 13.8 Å². The molecule has 0 saturated heterocycles. The van der Waals surface area contributed by atoms with Gasteiger partial charge in [-0.15, -0.1) is 0 Å². The van der Waals surface area contributed by atoms with E-state index in [1.54, 1.807) is 26.0 Å². The largest absolute Gasteiger partial charge is 0.507 e. The predicted molar refractivity (Wildman–Crippen MR) is 93.7 cm³/mol. The maximum atomic E-state index is 10.5. The molecule has 26 heavy (non-hydrogen) atoms. The van der Waals surface area contributed by atoms with Crippen LogP contribution in [0.1, 0.15) is 47.2 Å². The van der Waals surface area contributed by atoms with Crippen LogP contribution in [-0.4, -0.2) is 35.7 Å². The lowest BCUT2D eigenvalue weighted by Gasteiger charge is -2.30. The molecule has 0 aliphatic heterocycles. The number of benzene rings is 2. The normalized spacial score (nSPS) is 11.8. The van der Waals surface area contributed by atoms with Gasteiger partial charge < -0.3 is 35.7 Å². The van der Waals surface area contributed by atoms with E-state index >= 15 is 0 Å². The van der Waals surface area contributed by atoms with Crippen LogP contribution < -0.4 is 0 Å². The van der Waals surface area contributed by atoms with Gasteiger partial charge in [0.05, 0.1) is 32.0 Å². The molecule has 0 bridgehead atoms. The van der Waals surface area contributed by atoms with Crippen LogP contribution in [0.15, 0.2) is 18.2 Å². The highest BCUT2D eigenvalue weighted by Gasteiger charge is 2.31. The average molecular weight is 364 g/mol. The Kier molecular flexibility index (Phi) is 5.77. The SMILES string of the molecule is CC(C)(c1cc(CO)c(O)c(CO)c1)c1cc(CO)c(O)c(CO)c1O. The molecule has 0 spiro atoms. The third-order valence-corrected chi connectivity index (χ3v) is 4.78. The smallest absolute Gasteiger partial charge is 0.130 e. The minimum Gasteiger partial charge on any atom is -0.507 e. The first-order valence-electron chi connectivity index (χ1n) is 8.08. The predicted octanol–water partition coefficient (Wildman–Crippen LogP) is 1.10. The molecule has 0 amide bonds. The van der Waals surface area contributed by atoms with E-state index < -0.39 is 31.8 Å². The van der Waals surface area contributed by atoms with Crippen LogP contribution in [0.3, 0.4) is 0 Å². The highest BCUT2D eigenvalue weighted by molar-refractivity contribution is 5.58. The van der Waals surface area contributed by atoms with Gasteiger partial charge in [-0.2, -0.15) is 0 Å². The second-order valence-electron chi connectivity index (χ2n) is 6.66. The molecular weight excluding hydrogens is 340 g/mol. The second kappa shape index (κ2) is 7.51. The Morgan fingerprint density at radius 3 is 1.54 bits per heavy atom. The Hall–Kier alpha value is -2.32. The van der Waals surface area contributed by atoms with Crippen molar-refractivity contribution in [1.82, 2.24) is 0 Å². The van der Waals surface area contributed by atoms with Gasteiger partial charge in [0.1, 0.15) is 17.2 Å². The molecule has 0 aliphatic rings. The molecule has 2 aromatic carbocycles. The molecular formula is C19H24O7. The molecule has 0 aromatic heterocycles. The fraction of sp³-hybridized carbons (Fsp3) is 0.368. The molecule has 0 heterocycles. The molecule has 7 nitrogen and oxygen atoms in total.